The molecule has 0 aliphatic carbocycles. The first-order valence-electron chi connectivity index (χ1n) is 18.0. The van der Waals surface area contributed by atoms with Gasteiger partial charge in [0.15, 0.2) is 0 Å². The van der Waals surface area contributed by atoms with Gasteiger partial charge in [-0.3, -0.25) is 0 Å². The summed E-state index contributed by atoms with van der Waals surface area (Å²) >= 11 is 0. The van der Waals surface area contributed by atoms with E-state index in [4.69, 9.17) is 17.7 Å². The molecule has 0 spiro atoms. The normalized spacial score (nSPS) is 13.6. The third-order valence-electron chi connectivity index (χ3n) is 11.2. The van der Waals surface area contributed by atoms with Crippen LogP contribution in [0.2, 0.25) is 72.5 Å². The van der Waals surface area contributed by atoms with Crippen molar-refractivity contribution in [1.82, 2.24) is 0 Å². The van der Waals surface area contributed by atoms with Crippen molar-refractivity contribution in [2.75, 3.05) is 0 Å². The molecule has 0 aliphatic heterocycles. The van der Waals surface area contributed by atoms with Crippen molar-refractivity contribution in [2.24, 2.45) is 0 Å². The predicted octanol–water partition coefficient (Wildman–Crippen LogP) is 13.2. The fourth-order valence-electron chi connectivity index (χ4n) is 3.65. The van der Waals surface area contributed by atoms with Crippen LogP contribution in [0, 0.1) is 23.7 Å². The van der Waals surface area contributed by atoms with Crippen LogP contribution in [0.15, 0.2) is 48.6 Å². The van der Waals surface area contributed by atoms with E-state index in [1.165, 1.54) is 0 Å². The van der Waals surface area contributed by atoms with E-state index in [0.29, 0.717) is 0 Å². The second kappa shape index (κ2) is 15.2. The maximum Gasteiger partial charge on any atom is 0.250 e. The second-order valence-electron chi connectivity index (χ2n) is 19.7. The molecule has 0 amide bonds. The molecule has 0 bridgehead atoms. The van der Waals surface area contributed by atoms with Gasteiger partial charge in [-0.2, -0.15) is 0 Å². The van der Waals surface area contributed by atoms with Crippen molar-refractivity contribution >= 4 is 33.3 Å². The van der Waals surface area contributed by atoms with E-state index in [1.54, 1.807) is 12.2 Å². The van der Waals surface area contributed by atoms with Crippen molar-refractivity contribution in [3.63, 3.8) is 0 Å². The zero-order chi connectivity index (χ0) is 38.8. The molecule has 0 radical (unpaired) electrons. The molecule has 2 aromatic carbocycles. The minimum atomic E-state index is -2.06. The average Bonchev–Trinajstić information content (AvgIpc) is 2.86. The lowest BCUT2D eigenvalue weighted by atomic mass is 10.2. The maximum atomic E-state index is 6.71. The topological polar surface area (TPSA) is 36.9 Å². The summed E-state index contributed by atoms with van der Waals surface area (Å²) in [6.45, 7) is 45.1. The van der Waals surface area contributed by atoms with Gasteiger partial charge < -0.3 is 17.7 Å². The molecule has 0 fully saturated rings. The Bertz CT molecular complexity index is 1430. The minimum Gasteiger partial charge on any atom is -0.543 e. The van der Waals surface area contributed by atoms with Crippen molar-refractivity contribution in [2.45, 2.75) is 156 Å². The number of hydrogen-bond donors (Lipinski definition) is 0. The molecule has 2 rings (SSSR count). The Morgan fingerprint density at radius 2 is 0.580 bits per heavy atom. The molecule has 8 heteroatoms. The van der Waals surface area contributed by atoms with Crippen LogP contribution in [0.25, 0.3) is 0 Å². The maximum absolute atomic E-state index is 6.71. The SMILES string of the molecule is CC(C)(C)[Si](C)(C)Oc1cc(C#C/C=C\C#Cc2cc(O[Si](C)(C)C(C)(C)C)cc(O[Si](C)(C)C(C)(C)C)c2)cc(O[Si](C)(C)C(C)(C)C)c1. The standard InChI is InChI=1S/C42H68O4Si4/c1-39(2,3)47(13,14)43-35-27-33(28-36(31-35)44-48(15,16)40(4,5)6)25-23-21-22-24-26-34-29-37(45-49(17,18)41(7,8)9)32-38(30-34)46-50(19,20)42(10,11)12/h21-22,27-32H,1-20H3/b22-21-. The molecule has 0 unspecified atom stereocenters. The zero-order valence-corrected chi connectivity index (χ0v) is 39.3. The molecule has 0 atom stereocenters. The summed E-state index contributed by atoms with van der Waals surface area (Å²) in [6, 6.07) is 12.2. The van der Waals surface area contributed by atoms with Crippen molar-refractivity contribution in [1.29, 1.82) is 0 Å². The first-order chi connectivity index (χ1) is 22.3. The Morgan fingerprint density at radius 3 is 0.760 bits per heavy atom. The van der Waals surface area contributed by atoms with E-state index in [9.17, 15) is 0 Å². The van der Waals surface area contributed by atoms with Crippen LogP contribution in [-0.2, 0) is 0 Å². The summed E-state index contributed by atoms with van der Waals surface area (Å²) in [4.78, 5) is 0. The van der Waals surface area contributed by atoms with Gasteiger partial charge in [0.25, 0.3) is 0 Å². The highest BCUT2D eigenvalue weighted by molar-refractivity contribution is 6.76. The Balaban J connectivity index is 2.48. The van der Waals surface area contributed by atoms with Crippen LogP contribution in [-0.4, -0.2) is 33.3 Å². The van der Waals surface area contributed by atoms with Gasteiger partial charge in [0.1, 0.15) is 23.0 Å². The third kappa shape index (κ3) is 12.0. The van der Waals surface area contributed by atoms with E-state index < -0.39 is 33.3 Å². The number of allylic oxidation sites excluding steroid dienone is 2. The minimum absolute atomic E-state index is 0.0739. The van der Waals surface area contributed by atoms with E-state index >= 15 is 0 Å². The van der Waals surface area contributed by atoms with E-state index in [1.807, 2.05) is 36.4 Å². The third-order valence-corrected chi connectivity index (χ3v) is 28.6. The van der Waals surface area contributed by atoms with Gasteiger partial charge in [-0.25, -0.2) is 0 Å². The Hall–Kier alpha value is -2.63. The number of rotatable bonds is 8. The van der Waals surface area contributed by atoms with Crippen molar-refractivity contribution in [3.05, 3.63) is 59.7 Å². The summed E-state index contributed by atoms with van der Waals surface area (Å²) < 4.78 is 26.8. The molecule has 50 heavy (non-hydrogen) atoms. The molecule has 0 heterocycles. The quantitative estimate of drug-likeness (QED) is 0.199. The lowest BCUT2D eigenvalue weighted by molar-refractivity contribution is 0.474. The molecule has 276 valence electrons. The summed E-state index contributed by atoms with van der Waals surface area (Å²) in [5, 5.41) is 0.296. The predicted molar refractivity (Wildman–Crippen MR) is 227 cm³/mol. The van der Waals surface area contributed by atoms with Crippen LogP contribution in [0.5, 0.6) is 23.0 Å². The fraction of sp³-hybridized carbons (Fsp3) is 0.571. The first kappa shape index (κ1) is 43.5. The summed E-state index contributed by atoms with van der Waals surface area (Å²) in [5.74, 6) is 16.3. The Morgan fingerprint density at radius 1 is 0.380 bits per heavy atom. The number of benzene rings is 2. The molecule has 0 aromatic heterocycles. The summed E-state index contributed by atoms with van der Waals surface area (Å²) in [6.07, 6.45) is 3.59. The second-order valence-corrected chi connectivity index (χ2v) is 38.6. The highest BCUT2D eigenvalue weighted by atomic mass is 28.4. The molecular weight excluding hydrogens is 681 g/mol. The molecular formula is C42H68O4Si4. The lowest BCUT2D eigenvalue weighted by Gasteiger charge is -2.38. The molecule has 0 saturated heterocycles. The van der Waals surface area contributed by atoms with Crippen molar-refractivity contribution < 1.29 is 17.7 Å². The van der Waals surface area contributed by atoms with E-state index in [0.717, 1.165) is 34.1 Å². The highest BCUT2D eigenvalue weighted by Crippen LogP contribution is 2.42. The first-order valence-corrected chi connectivity index (χ1v) is 29.6. The van der Waals surface area contributed by atoms with Crippen LogP contribution in [0.1, 0.15) is 94.2 Å². The fourth-order valence-corrected chi connectivity index (χ4v) is 7.70. The van der Waals surface area contributed by atoms with Gasteiger partial charge in [-0.05, 0) is 109 Å². The van der Waals surface area contributed by atoms with Crippen LogP contribution >= 0.6 is 0 Å². The molecule has 4 nitrogen and oxygen atoms in total. The molecule has 2 aromatic rings. The highest BCUT2D eigenvalue weighted by Gasteiger charge is 2.42. The lowest BCUT2D eigenvalue weighted by Crippen LogP contribution is -2.44. The number of hydrogen-bond acceptors (Lipinski definition) is 4. The van der Waals surface area contributed by atoms with Gasteiger partial charge in [0.2, 0.25) is 33.3 Å². The summed E-state index contributed by atoms with van der Waals surface area (Å²) in [7, 11) is -8.24. The zero-order valence-electron chi connectivity index (χ0n) is 35.3. The van der Waals surface area contributed by atoms with Gasteiger partial charge in [-0.15, -0.1) is 0 Å². The van der Waals surface area contributed by atoms with Crippen LogP contribution in [0.4, 0.5) is 0 Å². The molecule has 0 saturated carbocycles. The van der Waals surface area contributed by atoms with Crippen LogP contribution in [0.3, 0.4) is 0 Å². The van der Waals surface area contributed by atoms with E-state index in [2.05, 4.69) is 159 Å². The Kier molecular flexibility index (Phi) is 13.2. The molecule has 0 N–H and O–H groups in total. The van der Waals surface area contributed by atoms with Crippen LogP contribution < -0.4 is 17.7 Å². The van der Waals surface area contributed by atoms with E-state index in [-0.39, 0.29) is 20.2 Å². The Labute approximate surface area is 311 Å². The van der Waals surface area contributed by atoms with Gasteiger partial charge in [0.05, 0.1) is 0 Å². The van der Waals surface area contributed by atoms with Gasteiger partial charge in [0, 0.05) is 23.3 Å². The van der Waals surface area contributed by atoms with Gasteiger partial charge >= 0.3 is 0 Å². The smallest absolute Gasteiger partial charge is 0.250 e. The monoisotopic (exact) mass is 748 g/mol. The van der Waals surface area contributed by atoms with Gasteiger partial charge in [-0.1, -0.05) is 107 Å². The van der Waals surface area contributed by atoms with Crippen molar-refractivity contribution in [3.8, 4) is 46.7 Å². The average molecular weight is 749 g/mol. The molecule has 0 aliphatic rings. The summed E-state index contributed by atoms with van der Waals surface area (Å²) in [5.41, 5.74) is 1.71. The largest absolute Gasteiger partial charge is 0.543 e.